The fourth-order valence-electron chi connectivity index (χ4n) is 4.35. The molecule has 174 valence electrons. The van der Waals surface area contributed by atoms with E-state index in [1.54, 1.807) is 12.1 Å². The first-order valence-corrected chi connectivity index (χ1v) is 12.3. The number of hydrogen-bond acceptors (Lipinski definition) is 6. The van der Waals surface area contributed by atoms with Crippen molar-refractivity contribution < 1.29 is 9.13 Å². The molecule has 3 aromatic carbocycles. The standard InChI is InChI=1S/C26H24ClFN4OS/c27-22-12-7-13-23(28)21(22)18-33-26-25(29-34-30-26)32-16-14-31(15-17-32)24(19-8-3-1-4-9-19)20-10-5-2-6-11-20/h1-13,24H,14-18H2. The summed E-state index contributed by atoms with van der Waals surface area (Å²) in [7, 11) is 0. The van der Waals surface area contributed by atoms with E-state index in [2.05, 4.69) is 79.2 Å². The minimum atomic E-state index is -0.390. The van der Waals surface area contributed by atoms with Crippen LogP contribution < -0.4 is 9.64 Å². The largest absolute Gasteiger partial charge is 0.469 e. The topological polar surface area (TPSA) is 41.5 Å². The Hall–Kier alpha value is -3.00. The molecular weight excluding hydrogens is 471 g/mol. The third-order valence-corrected chi connectivity index (χ3v) is 6.92. The Morgan fingerprint density at radius 2 is 1.50 bits per heavy atom. The van der Waals surface area contributed by atoms with Crippen LogP contribution in [-0.4, -0.2) is 39.8 Å². The fourth-order valence-corrected chi connectivity index (χ4v) is 5.09. The molecule has 1 aliphatic rings. The second kappa shape index (κ2) is 10.5. The van der Waals surface area contributed by atoms with Gasteiger partial charge >= 0.3 is 0 Å². The van der Waals surface area contributed by atoms with Crippen molar-refractivity contribution in [2.75, 3.05) is 31.1 Å². The first-order valence-electron chi connectivity index (χ1n) is 11.2. The molecule has 5 rings (SSSR count). The molecule has 4 aromatic rings. The number of aromatic nitrogens is 2. The van der Waals surface area contributed by atoms with Crippen molar-refractivity contribution in [2.24, 2.45) is 0 Å². The number of rotatable bonds is 7. The first kappa shape index (κ1) is 22.8. The predicted octanol–water partition coefficient (Wildman–Crippen LogP) is 5.82. The van der Waals surface area contributed by atoms with E-state index in [9.17, 15) is 4.39 Å². The Balaban J connectivity index is 1.29. The monoisotopic (exact) mass is 494 g/mol. The summed E-state index contributed by atoms with van der Waals surface area (Å²) in [5, 5.41) is 0.339. The molecule has 1 fully saturated rings. The van der Waals surface area contributed by atoms with E-state index < -0.39 is 5.82 Å². The van der Waals surface area contributed by atoms with Crippen molar-refractivity contribution in [1.82, 2.24) is 13.6 Å². The molecule has 1 aliphatic heterocycles. The first-order chi connectivity index (χ1) is 16.7. The fraction of sp³-hybridized carbons (Fsp3) is 0.231. The van der Waals surface area contributed by atoms with Crippen LogP contribution in [0.25, 0.3) is 0 Å². The highest BCUT2D eigenvalue weighted by atomic mass is 35.5. The van der Waals surface area contributed by atoms with Crippen molar-refractivity contribution in [3.8, 4) is 5.88 Å². The zero-order valence-corrected chi connectivity index (χ0v) is 20.1. The average molecular weight is 495 g/mol. The van der Waals surface area contributed by atoms with Crippen molar-refractivity contribution in [1.29, 1.82) is 0 Å². The number of nitrogens with zero attached hydrogens (tertiary/aromatic N) is 4. The summed E-state index contributed by atoms with van der Waals surface area (Å²) in [4.78, 5) is 4.69. The van der Waals surface area contributed by atoms with Crippen LogP contribution in [-0.2, 0) is 6.61 Å². The molecule has 8 heteroatoms. The Kier molecular flexibility index (Phi) is 7.04. The molecule has 0 bridgehead atoms. The molecule has 0 amide bonds. The third-order valence-electron chi connectivity index (χ3n) is 6.07. The number of halogens is 2. The molecule has 0 N–H and O–H groups in total. The van der Waals surface area contributed by atoms with E-state index in [1.165, 1.54) is 17.2 Å². The van der Waals surface area contributed by atoms with Crippen LogP contribution in [0, 0.1) is 5.82 Å². The number of piperazine rings is 1. The zero-order chi connectivity index (χ0) is 23.3. The average Bonchev–Trinajstić information content (AvgIpc) is 3.34. The van der Waals surface area contributed by atoms with Gasteiger partial charge in [0.15, 0.2) is 0 Å². The lowest BCUT2D eigenvalue weighted by Gasteiger charge is -2.39. The summed E-state index contributed by atoms with van der Waals surface area (Å²) in [6, 6.07) is 26.0. The summed E-state index contributed by atoms with van der Waals surface area (Å²) in [6.45, 7) is 3.32. The molecule has 34 heavy (non-hydrogen) atoms. The van der Waals surface area contributed by atoms with E-state index >= 15 is 0 Å². The molecule has 0 saturated carbocycles. The van der Waals surface area contributed by atoms with E-state index in [4.69, 9.17) is 16.3 Å². The maximum atomic E-state index is 14.1. The molecule has 0 aliphatic carbocycles. The molecule has 1 saturated heterocycles. The smallest absolute Gasteiger partial charge is 0.271 e. The Morgan fingerprint density at radius 1 is 0.853 bits per heavy atom. The van der Waals surface area contributed by atoms with Gasteiger partial charge in [0, 0.05) is 31.7 Å². The van der Waals surface area contributed by atoms with Crippen LogP contribution in [0.4, 0.5) is 10.2 Å². The third kappa shape index (κ3) is 4.92. The molecule has 2 heterocycles. The molecule has 0 radical (unpaired) electrons. The highest BCUT2D eigenvalue weighted by molar-refractivity contribution is 6.99. The van der Waals surface area contributed by atoms with Gasteiger partial charge in [-0.2, -0.15) is 4.37 Å². The van der Waals surface area contributed by atoms with Crippen molar-refractivity contribution in [3.63, 3.8) is 0 Å². The van der Waals surface area contributed by atoms with Gasteiger partial charge < -0.3 is 9.64 Å². The minimum Gasteiger partial charge on any atom is -0.469 e. The maximum Gasteiger partial charge on any atom is 0.271 e. The van der Waals surface area contributed by atoms with Gasteiger partial charge in [-0.25, -0.2) is 4.39 Å². The van der Waals surface area contributed by atoms with Gasteiger partial charge in [0.1, 0.15) is 12.4 Å². The second-order valence-electron chi connectivity index (χ2n) is 8.13. The van der Waals surface area contributed by atoms with Crippen LogP contribution >= 0.6 is 23.3 Å². The molecule has 0 spiro atoms. The van der Waals surface area contributed by atoms with Gasteiger partial charge in [0.2, 0.25) is 5.82 Å². The number of hydrogen-bond donors (Lipinski definition) is 0. The molecule has 0 unspecified atom stereocenters. The van der Waals surface area contributed by atoms with Gasteiger partial charge in [-0.1, -0.05) is 78.3 Å². The van der Waals surface area contributed by atoms with Gasteiger partial charge in [0.05, 0.1) is 22.8 Å². The van der Waals surface area contributed by atoms with E-state index in [1.807, 2.05) is 0 Å². The summed E-state index contributed by atoms with van der Waals surface area (Å²) >= 11 is 7.23. The number of ether oxygens (including phenoxy) is 1. The molecule has 0 atom stereocenters. The normalized spacial score (nSPS) is 14.5. The minimum absolute atomic E-state index is 0.00791. The SMILES string of the molecule is Fc1cccc(Cl)c1COc1nsnc1N1CCN(C(c2ccccc2)c2ccccc2)CC1. The highest BCUT2D eigenvalue weighted by Gasteiger charge is 2.29. The van der Waals surface area contributed by atoms with Crippen LogP contribution in [0.1, 0.15) is 22.7 Å². The summed E-state index contributed by atoms with van der Waals surface area (Å²) in [5.74, 6) is 0.729. The van der Waals surface area contributed by atoms with Crippen LogP contribution in [0.3, 0.4) is 0 Å². The van der Waals surface area contributed by atoms with Gasteiger partial charge in [-0.05, 0) is 23.3 Å². The summed E-state index contributed by atoms with van der Waals surface area (Å²) < 4.78 is 28.7. The van der Waals surface area contributed by atoms with Gasteiger partial charge in [-0.15, -0.1) is 4.37 Å². The van der Waals surface area contributed by atoms with E-state index in [-0.39, 0.29) is 12.6 Å². The van der Waals surface area contributed by atoms with Crippen LogP contribution in [0.15, 0.2) is 78.9 Å². The van der Waals surface area contributed by atoms with Gasteiger partial charge in [-0.3, -0.25) is 4.90 Å². The summed E-state index contributed by atoms with van der Waals surface area (Å²) in [6.07, 6.45) is 0. The number of anilines is 1. The predicted molar refractivity (Wildman–Crippen MR) is 134 cm³/mol. The maximum absolute atomic E-state index is 14.1. The van der Waals surface area contributed by atoms with Crippen molar-refractivity contribution >= 4 is 29.1 Å². The second-order valence-corrected chi connectivity index (χ2v) is 9.06. The lowest BCUT2D eigenvalue weighted by atomic mass is 9.96. The van der Waals surface area contributed by atoms with Crippen molar-refractivity contribution in [2.45, 2.75) is 12.6 Å². The Labute approximate surface area is 207 Å². The zero-order valence-electron chi connectivity index (χ0n) is 18.5. The molecule has 1 aromatic heterocycles. The lowest BCUT2D eigenvalue weighted by Crippen LogP contribution is -2.48. The lowest BCUT2D eigenvalue weighted by molar-refractivity contribution is 0.211. The summed E-state index contributed by atoms with van der Waals surface area (Å²) in [5.41, 5.74) is 2.88. The Morgan fingerprint density at radius 3 is 2.12 bits per heavy atom. The molecular formula is C26H24ClFN4OS. The molecule has 5 nitrogen and oxygen atoms in total. The Bertz CT molecular complexity index is 1160. The van der Waals surface area contributed by atoms with E-state index in [0.717, 1.165) is 37.9 Å². The quantitative estimate of drug-likeness (QED) is 0.324. The van der Waals surface area contributed by atoms with Crippen LogP contribution in [0.5, 0.6) is 5.88 Å². The van der Waals surface area contributed by atoms with Gasteiger partial charge in [0.25, 0.3) is 5.88 Å². The van der Waals surface area contributed by atoms with E-state index in [0.29, 0.717) is 22.3 Å². The van der Waals surface area contributed by atoms with Crippen molar-refractivity contribution in [3.05, 3.63) is 106 Å². The number of benzene rings is 3. The van der Waals surface area contributed by atoms with Crippen LogP contribution in [0.2, 0.25) is 5.02 Å². The highest BCUT2D eigenvalue weighted by Crippen LogP contribution is 2.33.